The van der Waals surface area contributed by atoms with E-state index in [2.05, 4.69) is 16.1 Å². The van der Waals surface area contributed by atoms with Crippen molar-refractivity contribution >= 4 is 5.97 Å². The summed E-state index contributed by atoms with van der Waals surface area (Å²) in [7, 11) is 0. The maximum absolute atomic E-state index is 14.4. The summed E-state index contributed by atoms with van der Waals surface area (Å²) in [4.78, 5) is 11.3. The molecule has 0 saturated carbocycles. The van der Waals surface area contributed by atoms with Crippen LogP contribution in [0.3, 0.4) is 0 Å². The largest absolute Gasteiger partial charge is 0.445 e. The first-order chi connectivity index (χ1) is 11.7. The fraction of sp³-hybridized carbons (Fsp3) is 0.769. The van der Waals surface area contributed by atoms with E-state index < -0.39 is 59.7 Å². The molecular formula is C13H12F10O4. The second-order valence-corrected chi connectivity index (χ2v) is 5.77. The summed E-state index contributed by atoms with van der Waals surface area (Å²) in [5.41, 5.74) is -7.30. The van der Waals surface area contributed by atoms with Crippen molar-refractivity contribution in [3.05, 3.63) is 12.2 Å². The molecule has 4 nitrogen and oxygen atoms in total. The van der Waals surface area contributed by atoms with Crippen LogP contribution in [0.25, 0.3) is 0 Å². The maximum atomic E-state index is 14.4. The van der Waals surface area contributed by atoms with Crippen LogP contribution in [0.15, 0.2) is 12.2 Å². The van der Waals surface area contributed by atoms with Gasteiger partial charge in [0.25, 0.3) is 0 Å². The summed E-state index contributed by atoms with van der Waals surface area (Å²) in [5.74, 6) is -18.4. The third-order valence-corrected chi connectivity index (χ3v) is 3.96. The molecule has 0 spiro atoms. The molecule has 1 saturated heterocycles. The van der Waals surface area contributed by atoms with Crippen molar-refractivity contribution in [3.8, 4) is 0 Å². The number of hydrogen-bond donors (Lipinski definition) is 1. The lowest BCUT2D eigenvalue weighted by Gasteiger charge is -2.54. The smallest absolute Gasteiger partial charge is 0.423 e. The molecule has 0 aliphatic carbocycles. The van der Waals surface area contributed by atoms with E-state index in [1.807, 2.05) is 0 Å². The van der Waals surface area contributed by atoms with Crippen molar-refractivity contribution in [2.75, 3.05) is 0 Å². The molecule has 0 aromatic heterocycles. The van der Waals surface area contributed by atoms with Gasteiger partial charge in [-0.05, 0) is 13.3 Å². The van der Waals surface area contributed by atoms with Crippen LogP contribution in [0.4, 0.5) is 43.9 Å². The standard InChI is InChI=1S/C13H12F10O4/c1-4-9(13(21,22)23)11(16,17)7(10(14,15)8(3,25)27-9)26-6(24)5(2)12(18,19)20/h7,25H,2,4H2,1,3H3. The first-order valence-electron chi connectivity index (χ1n) is 6.91. The Balaban J connectivity index is 3.58. The molecule has 3 atom stereocenters. The molecule has 158 valence electrons. The normalized spacial score (nSPS) is 33.4. The van der Waals surface area contributed by atoms with Crippen LogP contribution < -0.4 is 0 Å². The summed E-state index contributed by atoms with van der Waals surface area (Å²) >= 11 is 0. The maximum Gasteiger partial charge on any atom is 0.423 e. The van der Waals surface area contributed by atoms with E-state index >= 15 is 0 Å². The van der Waals surface area contributed by atoms with Gasteiger partial charge in [0, 0.05) is 0 Å². The Hall–Kier alpha value is -1.57. The third kappa shape index (κ3) is 3.37. The number of hydrogen-bond acceptors (Lipinski definition) is 4. The summed E-state index contributed by atoms with van der Waals surface area (Å²) in [5, 5.41) is 9.50. The fourth-order valence-electron chi connectivity index (χ4n) is 2.36. The molecule has 0 bridgehead atoms. The van der Waals surface area contributed by atoms with Crippen molar-refractivity contribution in [3.63, 3.8) is 0 Å². The second-order valence-electron chi connectivity index (χ2n) is 5.77. The number of halogens is 10. The zero-order valence-corrected chi connectivity index (χ0v) is 13.4. The summed E-state index contributed by atoms with van der Waals surface area (Å²) < 4.78 is 141. The third-order valence-electron chi connectivity index (χ3n) is 3.96. The second kappa shape index (κ2) is 6.22. The summed E-state index contributed by atoms with van der Waals surface area (Å²) in [6.07, 6.45) is -17.9. The number of ether oxygens (including phenoxy) is 2. The Morgan fingerprint density at radius 1 is 1.11 bits per heavy atom. The number of esters is 1. The molecule has 0 aromatic rings. The highest BCUT2D eigenvalue weighted by molar-refractivity contribution is 5.89. The van der Waals surface area contributed by atoms with E-state index in [0.717, 1.165) is 0 Å². The topological polar surface area (TPSA) is 55.8 Å². The van der Waals surface area contributed by atoms with Crippen molar-refractivity contribution in [2.45, 2.75) is 62.0 Å². The molecule has 1 aliphatic heterocycles. The van der Waals surface area contributed by atoms with Crippen molar-refractivity contribution in [1.82, 2.24) is 0 Å². The highest BCUT2D eigenvalue weighted by Crippen LogP contribution is 2.59. The van der Waals surface area contributed by atoms with Crippen LogP contribution in [0.5, 0.6) is 0 Å². The fourth-order valence-corrected chi connectivity index (χ4v) is 2.36. The Bertz CT molecular complexity index is 622. The van der Waals surface area contributed by atoms with Gasteiger partial charge in [-0.1, -0.05) is 13.5 Å². The Labute approximate surface area is 144 Å². The van der Waals surface area contributed by atoms with E-state index in [0.29, 0.717) is 6.92 Å². The monoisotopic (exact) mass is 422 g/mol. The Kier molecular flexibility index (Phi) is 5.41. The van der Waals surface area contributed by atoms with Gasteiger partial charge in [-0.15, -0.1) is 0 Å². The number of rotatable bonds is 3. The number of carbonyl (C=O) groups is 1. The number of aliphatic hydroxyl groups is 1. The van der Waals surface area contributed by atoms with Gasteiger partial charge in [0.05, 0.1) is 0 Å². The van der Waals surface area contributed by atoms with Crippen LogP contribution >= 0.6 is 0 Å². The highest BCUT2D eigenvalue weighted by atomic mass is 19.4. The molecule has 27 heavy (non-hydrogen) atoms. The van der Waals surface area contributed by atoms with Crippen LogP contribution in [0.2, 0.25) is 0 Å². The van der Waals surface area contributed by atoms with Gasteiger partial charge >= 0.3 is 30.2 Å². The minimum atomic E-state index is -6.09. The molecule has 0 aromatic carbocycles. The van der Waals surface area contributed by atoms with Gasteiger partial charge in [-0.2, -0.15) is 43.9 Å². The molecule has 1 heterocycles. The van der Waals surface area contributed by atoms with Crippen LogP contribution in [0, 0.1) is 0 Å². The van der Waals surface area contributed by atoms with E-state index in [1.54, 1.807) is 0 Å². The lowest BCUT2D eigenvalue weighted by Crippen LogP contribution is -2.79. The lowest BCUT2D eigenvalue weighted by atomic mass is 9.79. The molecule has 14 heteroatoms. The van der Waals surface area contributed by atoms with Crippen molar-refractivity contribution < 1.29 is 63.3 Å². The van der Waals surface area contributed by atoms with E-state index in [-0.39, 0.29) is 6.92 Å². The molecule has 1 N–H and O–H groups in total. The highest BCUT2D eigenvalue weighted by Gasteiger charge is 2.85. The van der Waals surface area contributed by atoms with E-state index in [9.17, 15) is 53.8 Å². The number of carbonyl (C=O) groups excluding carboxylic acids is 1. The van der Waals surface area contributed by atoms with Gasteiger partial charge in [0.1, 0.15) is 5.57 Å². The predicted molar refractivity (Wildman–Crippen MR) is 65.8 cm³/mol. The zero-order chi connectivity index (χ0) is 21.9. The van der Waals surface area contributed by atoms with E-state index in [1.165, 1.54) is 0 Å². The van der Waals surface area contributed by atoms with Gasteiger partial charge in [0.15, 0.2) is 0 Å². The van der Waals surface area contributed by atoms with Gasteiger partial charge in [-0.25, -0.2) is 4.79 Å². The minimum absolute atomic E-state index is 0.127. The minimum Gasteiger partial charge on any atom is -0.445 e. The Morgan fingerprint density at radius 2 is 1.56 bits per heavy atom. The molecule has 0 radical (unpaired) electrons. The van der Waals surface area contributed by atoms with Gasteiger partial charge in [-0.3, -0.25) is 0 Å². The van der Waals surface area contributed by atoms with Crippen LogP contribution in [0.1, 0.15) is 20.3 Å². The molecule has 3 unspecified atom stereocenters. The summed E-state index contributed by atoms with van der Waals surface area (Å²) in [6.45, 7) is 2.43. The molecule has 0 amide bonds. The van der Waals surface area contributed by atoms with Crippen molar-refractivity contribution in [1.29, 1.82) is 0 Å². The first kappa shape index (κ1) is 23.5. The zero-order valence-electron chi connectivity index (χ0n) is 13.4. The average Bonchev–Trinajstić information content (AvgIpc) is 2.44. The molecule has 1 rings (SSSR count). The van der Waals surface area contributed by atoms with Crippen molar-refractivity contribution in [2.24, 2.45) is 0 Å². The summed E-state index contributed by atoms with van der Waals surface area (Å²) in [6, 6.07) is 0. The number of alkyl halides is 10. The predicted octanol–water partition coefficient (Wildman–Crippen LogP) is 3.74. The molecule has 1 aliphatic rings. The molecular weight excluding hydrogens is 410 g/mol. The first-order valence-corrected chi connectivity index (χ1v) is 6.91. The van der Waals surface area contributed by atoms with Gasteiger partial charge in [0.2, 0.25) is 17.5 Å². The van der Waals surface area contributed by atoms with E-state index in [4.69, 9.17) is 0 Å². The van der Waals surface area contributed by atoms with Crippen LogP contribution in [-0.4, -0.2) is 52.8 Å². The quantitative estimate of drug-likeness (QED) is 0.428. The van der Waals surface area contributed by atoms with Crippen LogP contribution in [-0.2, 0) is 14.3 Å². The van der Waals surface area contributed by atoms with Gasteiger partial charge < -0.3 is 14.6 Å². The lowest BCUT2D eigenvalue weighted by molar-refractivity contribution is -0.493. The Morgan fingerprint density at radius 3 is 1.89 bits per heavy atom. The average molecular weight is 422 g/mol. The molecule has 1 fully saturated rings. The SMILES string of the molecule is C=C(C(=O)OC1C(F)(F)C(C)(O)OC(CC)(C(F)(F)F)C1(F)F)C(F)(F)F.